The van der Waals surface area contributed by atoms with Gasteiger partial charge in [0.15, 0.2) is 11.5 Å². The van der Waals surface area contributed by atoms with E-state index in [4.69, 9.17) is 0 Å². The molecule has 0 spiro atoms. The zero-order valence-electron chi connectivity index (χ0n) is 33.5. The van der Waals surface area contributed by atoms with Crippen LogP contribution in [0.1, 0.15) is 27.0 Å². The highest BCUT2D eigenvalue weighted by atomic mass is 16.4. The first-order valence-electron chi connectivity index (χ1n) is 19.5. The minimum absolute atomic E-state index is 0.0219. The number of carboxylic acid groups (broad SMARTS) is 2. The van der Waals surface area contributed by atoms with Gasteiger partial charge in [0.2, 0.25) is 17.7 Å². The molecule has 1 aliphatic heterocycles. The van der Waals surface area contributed by atoms with Crippen molar-refractivity contribution in [2.75, 3.05) is 17.7 Å². The number of benzene rings is 5. The van der Waals surface area contributed by atoms with Crippen LogP contribution in [0.3, 0.4) is 0 Å². The van der Waals surface area contributed by atoms with Crippen molar-refractivity contribution in [3.63, 3.8) is 0 Å². The number of carboxylic acids is 2. The first-order valence-corrected chi connectivity index (χ1v) is 19.5. The van der Waals surface area contributed by atoms with E-state index in [1.807, 2.05) is 0 Å². The molecule has 2 aromatic heterocycles. The molecule has 2 aliphatic rings. The number of carbonyl (C=O) groups is 6. The number of nitrogens with one attached hydrogen (secondary N) is 2. The Labute approximate surface area is 355 Å². The number of rotatable bonds is 10. The van der Waals surface area contributed by atoms with Crippen LogP contribution in [-0.2, 0) is 30.4 Å². The van der Waals surface area contributed by atoms with Gasteiger partial charge in [0.05, 0.1) is 41.5 Å². The fourth-order valence-corrected chi connectivity index (χ4v) is 8.36. The van der Waals surface area contributed by atoms with Gasteiger partial charge in [0.25, 0.3) is 5.91 Å². The maximum atomic E-state index is 14.1. The average Bonchev–Trinajstić information content (AvgIpc) is 3.91. The monoisotopic (exact) mass is 849 g/mol. The molecule has 6 N–H and O–H groups in total. The number of hydrogen-bond acceptors (Lipinski definition) is 12. The number of imide groups is 1. The lowest BCUT2D eigenvalue weighted by Crippen LogP contribution is -2.56. The molecule has 1 saturated carbocycles. The molecular weight excluding hydrogens is 815 g/mol. The first-order chi connectivity index (χ1) is 30.1. The molecule has 5 aromatic carbocycles. The maximum Gasteiger partial charge on any atom is 0.308 e. The number of aryl methyl sites for hydroxylation is 2. The lowest BCUT2D eigenvalue weighted by molar-refractivity contribution is -0.166. The summed E-state index contributed by atoms with van der Waals surface area (Å²) in [5.74, 6) is -12.2. The van der Waals surface area contributed by atoms with E-state index in [1.54, 1.807) is 74.5 Å². The topological polar surface area (TPSA) is 272 Å². The van der Waals surface area contributed by atoms with Crippen molar-refractivity contribution in [2.24, 2.45) is 23.7 Å². The standard InChI is InChI=1S/C44H35N9O10/c1-19-12-23(18-33(54)55)24(13-20(19)2)40(58)45-29-14-21(16-31(38(29)56)52-47-25-8-4-5-9-26(25)48-52)22-15-30(39(57)32(17-22)53-49-27-10-6-7-11-28(27)50-53)46-41(59)34-35-36(37(34)44(62)63)43(61)51(3)42(35)60/h4-17,34-37,56-57H,18H2,1-3H3,(H,45,58)(H,46,59)(H,54,55)(H,62,63). The summed E-state index contributed by atoms with van der Waals surface area (Å²) in [6, 6.07) is 22.7. The number of aliphatic carboxylic acids is 2. The Hall–Kier alpha value is -8.48. The molecule has 4 amide bonds. The van der Waals surface area contributed by atoms with Crippen LogP contribution in [0.4, 0.5) is 11.4 Å². The molecule has 1 aliphatic carbocycles. The highest BCUT2D eigenvalue weighted by Gasteiger charge is 2.68. The third-order valence-electron chi connectivity index (χ3n) is 11.7. The normalized spacial score (nSPS) is 18.0. The Morgan fingerprint density at radius 2 is 1.08 bits per heavy atom. The van der Waals surface area contributed by atoms with Gasteiger partial charge in [-0.3, -0.25) is 33.7 Å². The van der Waals surface area contributed by atoms with E-state index < -0.39 is 77.2 Å². The largest absolute Gasteiger partial charge is 0.504 e. The summed E-state index contributed by atoms with van der Waals surface area (Å²) in [5, 5.41) is 66.8. The number of aromatic nitrogens is 6. The van der Waals surface area contributed by atoms with E-state index in [0.717, 1.165) is 25.6 Å². The minimum Gasteiger partial charge on any atom is -0.504 e. The molecule has 1 saturated heterocycles. The summed E-state index contributed by atoms with van der Waals surface area (Å²) in [6.45, 7) is 3.56. The van der Waals surface area contributed by atoms with Gasteiger partial charge in [-0.15, -0.1) is 30.0 Å². The van der Waals surface area contributed by atoms with Crippen LogP contribution in [0.2, 0.25) is 0 Å². The van der Waals surface area contributed by atoms with Crippen LogP contribution >= 0.6 is 0 Å². The Morgan fingerprint density at radius 3 is 1.54 bits per heavy atom. The number of anilines is 2. The minimum atomic E-state index is -1.52. The number of phenols is 2. The van der Waals surface area contributed by atoms with E-state index >= 15 is 0 Å². The molecular formula is C44H35N9O10. The van der Waals surface area contributed by atoms with Gasteiger partial charge in [-0.05, 0) is 96.3 Å². The summed E-state index contributed by atoms with van der Waals surface area (Å²) < 4.78 is 0. The summed E-state index contributed by atoms with van der Waals surface area (Å²) in [7, 11) is 1.22. The van der Waals surface area contributed by atoms with Crippen molar-refractivity contribution in [3.8, 4) is 34.0 Å². The van der Waals surface area contributed by atoms with Crippen LogP contribution in [0, 0.1) is 37.5 Å². The molecule has 2 fully saturated rings. The van der Waals surface area contributed by atoms with Crippen LogP contribution in [0.15, 0.2) is 84.9 Å². The maximum absolute atomic E-state index is 14.1. The van der Waals surface area contributed by atoms with E-state index in [-0.39, 0.29) is 45.0 Å². The Kier molecular flexibility index (Phi) is 9.45. The number of fused-ring (bicyclic) bond motifs is 3. The number of carbonyl (C=O) groups excluding carboxylic acids is 4. The second-order valence-corrected chi connectivity index (χ2v) is 15.5. The van der Waals surface area contributed by atoms with Crippen molar-refractivity contribution in [3.05, 3.63) is 107 Å². The van der Waals surface area contributed by atoms with E-state index in [2.05, 4.69) is 31.0 Å². The smallest absolute Gasteiger partial charge is 0.308 e. The summed E-state index contributed by atoms with van der Waals surface area (Å²) in [4.78, 5) is 81.3. The highest BCUT2D eigenvalue weighted by molar-refractivity contribution is 6.13. The molecule has 4 unspecified atom stereocenters. The van der Waals surface area contributed by atoms with Gasteiger partial charge in [-0.1, -0.05) is 30.3 Å². The second-order valence-electron chi connectivity index (χ2n) is 15.5. The Bertz CT molecular complexity index is 3080. The van der Waals surface area contributed by atoms with Crippen LogP contribution < -0.4 is 10.6 Å². The second kappa shape index (κ2) is 14.9. The molecule has 3 heterocycles. The molecule has 19 heteroatoms. The van der Waals surface area contributed by atoms with E-state index in [1.165, 1.54) is 31.3 Å². The molecule has 19 nitrogen and oxygen atoms in total. The summed E-state index contributed by atoms with van der Waals surface area (Å²) in [5.41, 5.74) is 3.58. The van der Waals surface area contributed by atoms with Gasteiger partial charge in [0.1, 0.15) is 33.4 Å². The van der Waals surface area contributed by atoms with Gasteiger partial charge in [-0.2, -0.15) is 0 Å². The zero-order chi connectivity index (χ0) is 44.6. The van der Waals surface area contributed by atoms with Crippen molar-refractivity contribution in [1.29, 1.82) is 0 Å². The molecule has 9 rings (SSSR count). The van der Waals surface area contributed by atoms with Crippen LogP contribution in [-0.4, -0.2) is 97.9 Å². The lowest BCUT2D eigenvalue weighted by atomic mass is 9.57. The number of nitrogens with zero attached hydrogens (tertiary/aromatic N) is 7. The van der Waals surface area contributed by atoms with Crippen molar-refractivity contribution in [1.82, 2.24) is 34.9 Å². The third kappa shape index (κ3) is 6.71. The Morgan fingerprint density at radius 1 is 0.635 bits per heavy atom. The van der Waals surface area contributed by atoms with Crippen LogP contribution in [0.25, 0.3) is 44.6 Å². The SMILES string of the molecule is Cc1cc(CC(=O)O)c(C(=O)Nc2cc(-c3cc(NC(=O)C4C(C(=O)O)C5C(=O)N(C)C(=O)C45)c(O)c(-n4nc5ccccc5n4)c3)cc(-n3nc4ccccc4n3)c2O)cc1C. The zero-order valence-corrected chi connectivity index (χ0v) is 33.5. The van der Waals surface area contributed by atoms with Gasteiger partial charge in [-0.25, -0.2) is 0 Å². The predicted octanol–water partition coefficient (Wildman–Crippen LogP) is 4.23. The lowest BCUT2D eigenvalue weighted by Gasteiger charge is -2.41. The third-order valence-corrected chi connectivity index (χ3v) is 11.7. The fourth-order valence-electron chi connectivity index (χ4n) is 8.36. The van der Waals surface area contributed by atoms with Crippen molar-refractivity contribution >= 4 is 69.0 Å². The van der Waals surface area contributed by atoms with Crippen LogP contribution in [0.5, 0.6) is 11.5 Å². The Balaban J connectivity index is 1.20. The van der Waals surface area contributed by atoms with E-state index in [9.17, 15) is 49.2 Å². The first kappa shape index (κ1) is 40.0. The van der Waals surface area contributed by atoms with Crippen molar-refractivity contribution in [2.45, 2.75) is 20.3 Å². The number of amides is 4. The molecule has 63 heavy (non-hydrogen) atoms. The van der Waals surface area contributed by atoms with Gasteiger partial charge in [0, 0.05) is 12.6 Å². The number of phenolic OH excluding ortho intramolecular Hbond substituents is 2. The number of hydrogen-bond donors (Lipinski definition) is 6. The molecule has 316 valence electrons. The fraction of sp³-hybridized carbons (Fsp3) is 0.182. The molecule has 0 radical (unpaired) electrons. The number of aromatic hydroxyl groups is 2. The molecule has 7 aromatic rings. The average molecular weight is 850 g/mol. The molecule has 4 atom stereocenters. The summed E-state index contributed by atoms with van der Waals surface area (Å²) >= 11 is 0. The van der Waals surface area contributed by atoms with Crippen molar-refractivity contribution < 1.29 is 49.2 Å². The van der Waals surface area contributed by atoms with Gasteiger partial charge >= 0.3 is 11.9 Å². The highest BCUT2D eigenvalue weighted by Crippen LogP contribution is 2.52. The summed E-state index contributed by atoms with van der Waals surface area (Å²) in [6.07, 6.45) is -0.456. The molecule has 0 bridgehead atoms. The number of likely N-dealkylation sites (tertiary alicyclic amines) is 1. The van der Waals surface area contributed by atoms with Gasteiger partial charge < -0.3 is 31.1 Å². The quantitative estimate of drug-likeness (QED) is 0.0831. The predicted molar refractivity (Wildman–Crippen MR) is 223 cm³/mol. The van der Waals surface area contributed by atoms with E-state index in [0.29, 0.717) is 22.1 Å².